The maximum absolute atomic E-state index is 12.5. The molecule has 1 aromatic heterocycles. The van der Waals surface area contributed by atoms with Crippen LogP contribution in [0.2, 0.25) is 0 Å². The lowest BCUT2D eigenvalue weighted by atomic mass is 10.1. The first kappa shape index (κ1) is 19.8. The summed E-state index contributed by atoms with van der Waals surface area (Å²) >= 11 is 0. The van der Waals surface area contributed by atoms with E-state index in [0.29, 0.717) is 37.8 Å². The number of hydrogen-bond acceptors (Lipinski definition) is 5. The van der Waals surface area contributed by atoms with E-state index < -0.39 is 0 Å². The zero-order valence-corrected chi connectivity index (χ0v) is 16.9. The molecule has 4 rings (SSSR count). The standard InChI is InChI=1S/C23H24N4O3/c1-16-7-9-17(10-8-16)14-27-15-19(13-21(27)28)23(29)24-12-11-20-25-22(26-30-20)18-5-3-2-4-6-18/h2-10,19H,11-15H2,1H3,(H,24,29)/t19-/m0/s1. The molecule has 154 valence electrons. The molecule has 1 aliphatic rings. The van der Waals surface area contributed by atoms with E-state index in [9.17, 15) is 9.59 Å². The molecule has 0 aliphatic carbocycles. The predicted molar refractivity (Wildman–Crippen MR) is 111 cm³/mol. The number of rotatable bonds is 7. The molecule has 2 aromatic carbocycles. The van der Waals surface area contributed by atoms with Crippen LogP contribution in [0.15, 0.2) is 59.1 Å². The lowest BCUT2D eigenvalue weighted by Gasteiger charge is -2.16. The van der Waals surface area contributed by atoms with Gasteiger partial charge < -0.3 is 14.7 Å². The number of nitrogens with zero attached hydrogens (tertiary/aromatic N) is 3. The normalized spacial score (nSPS) is 16.1. The molecule has 1 N–H and O–H groups in total. The van der Waals surface area contributed by atoms with Crippen molar-refractivity contribution in [2.45, 2.75) is 26.3 Å². The van der Waals surface area contributed by atoms with Crippen LogP contribution in [0.3, 0.4) is 0 Å². The van der Waals surface area contributed by atoms with Crippen molar-refractivity contribution in [1.82, 2.24) is 20.4 Å². The minimum absolute atomic E-state index is 0.0140. The van der Waals surface area contributed by atoms with E-state index in [0.717, 1.165) is 11.1 Å². The van der Waals surface area contributed by atoms with Crippen LogP contribution in [0.5, 0.6) is 0 Å². The van der Waals surface area contributed by atoms with E-state index in [4.69, 9.17) is 4.52 Å². The second-order valence-electron chi connectivity index (χ2n) is 7.58. The van der Waals surface area contributed by atoms with Crippen molar-refractivity contribution in [2.24, 2.45) is 5.92 Å². The number of aryl methyl sites for hydroxylation is 1. The Morgan fingerprint density at radius 3 is 2.70 bits per heavy atom. The van der Waals surface area contributed by atoms with Gasteiger partial charge in [-0.2, -0.15) is 4.98 Å². The Morgan fingerprint density at radius 1 is 1.17 bits per heavy atom. The van der Waals surface area contributed by atoms with Crippen molar-refractivity contribution in [2.75, 3.05) is 13.1 Å². The zero-order chi connectivity index (χ0) is 20.9. The van der Waals surface area contributed by atoms with E-state index in [2.05, 4.69) is 15.5 Å². The van der Waals surface area contributed by atoms with Crippen molar-refractivity contribution >= 4 is 11.8 Å². The van der Waals surface area contributed by atoms with Crippen molar-refractivity contribution in [1.29, 1.82) is 0 Å². The van der Waals surface area contributed by atoms with Crippen LogP contribution < -0.4 is 5.32 Å². The molecule has 2 heterocycles. The molecule has 0 radical (unpaired) electrons. The first-order valence-electron chi connectivity index (χ1n) is 10.1. The van der Waals surface area contributed by atoms with E-state index in [1.807, 2.05) is 61.5 Å². The van der Waals surface area contributed by atoms with Crippen LogP contribution >= 0.6 is 0 Å². The van der Waals surface area contributed by atoms with Crippen LogP contribution in [0, 0.1) is 12.8 Å². The molecule has 7 heteroatoms. The molecule has 0 bridgehead atoms. The molecule has 0 saturated carbocycles. The zero-order valence-electron chi connectivity index (χ0n) is 16.9. The number of carbonyl (C=O) groups excluding carboxylic acids is 2. The summed E-state index contributed by atoms with van der Waals surface area (Å²) in [7, 11) is 0. The molecule has 0 spiro atoms. The molecule has 1 aliphatic heterocycles. The van der Waals surface area contributed by atoms with Gasteiger partial charge in [0.25, 0.3) is 0 Å². The molecule has 1 fully saturated rings. The van der Waals surface area contributed by atoms with Gasteiger partial charge in [-0.1, -0.05) is 65.3 Å². The third-order valence-electron chi connectivity index (χ3n) is 5.22. The molecule has 30 heavy (non-hydrogen) atoms. The maximum Gasteiger partial charge on any atom is 0.228 e. The van der Waals surface area contributed by atoms with Gasteiger partial charge in [0, 0.05) is 38.0 Å². The topological polar surface area (TPSA) is 88.3 Å². The highest BCUT2D eigenvalue weighted by molar-refractivity contribution is 5.89. The summed E-state index contributed by atoms with van der Waals surface area (Å²) in [5.41, 5.74) is 3.14. The third-order valence-corrected chi connectivity index (χ3v) is 5.22. The minimum Gasteiger partial charge on any atom is -0.355 e. The van der Waals surface area contributed by atoms with E-state index in [-0.39, 0.29) is 24.2 Å². The minimum atomic E-state index is -0.328. The lowest BCUT2D eigenvalue weighted by Crippen LogP contribution is -2.34. The third kappa shape index (κ3) is 4.74. The van der Waals surface area contributed by atoms with Gasteiger partial charge >= 0.3 is 0 Å². The molecule has 3 aromatic rings. The summed E-state index contributed by atoms with van der Waals surface area (Å²) in [5.74, 6) is 0.575. The van der Waals surface area contributed by atoms with Gasteiger partial charge in [-0.15, -0.1) is 0 Å². The fourth-order valence-corrected chi connectivity index (χ4v) is 3.51. The molecule has 2 amide bonds. The Morgan fingerprint density at radius 2 is 1.93 bits per heavy atom. The van der Waals surface area contributed by atoms with Gasteiger partial charge in [0.2, 0.25) is 23.5 Å². The average molecular weight is 404 g/mol. The Hall–Kier alpha value is -3.48. The average Bonchev–Trinajstić information content (AvgIpc) is 3.37. The van der Waals surface area contributed by atoms with Crippen LogP contribution in [0.4, 0.5) is 0 Å². The van der Waals surface area contributed by atoms with Gasteiger partial charge in [-0.05, 0) is 12.5 Å². The number of hydrogen-bond donors (Lipinski definition) is 1. The SMILES string of the molecule is Cc1ccc(CN2C[C@@H](C(=O)NCCc3nc(-c4ccccc4)no3)CC2=O)cc1. The number of benzene rings is 2. The largest absolute Gasteiger partial charge is 0.355 e. The predicted octanol–water partition coefficient (Wildman–Crippen LogP) is 2.75. The molecule has 0 unspecified atom stereocenters. The van der Waals surface area contributed by atoms with Crippen LogP contribution in [0.25, 0.3) is 11.4 Å². The van der Waals surface area contributed by atoms with Gasteiger partial charge in [-0.3, -0.25) is 9.59 Å². The second-order valence-corrected chi connectivity index (χ2v) is 7.58. The highest BCUT2D eigenvalue weighted by atomic mass is 16.5. The highest BCUT2D eigenvalue weighted by Crippen LogP contribution is 2.21. The van der Waals surface area contributed by atoms with Crippen LogP contribution in [-0.4, -0.2) is 39.9 Å². The van der Waals surface area contributed by atoms with Gasteiger partial charge in [0.05, 0.1) is 5.92 Å². The first-order valence-corrected chi connectivity index (χ1v) is 10.1. The number of amides is 2. The maximum atomic E-state index is 12.5. The van der Waals surface area contributed by atoms with Crippen LogP contribution in [-0.2, 0) is 22.6 Å². The van der Waals surface area contributed by atoms with Crippen molar-refractivity contribution in [3.63, 3.8) is 0 Å². The molecule has 1 atom stereocenters. The molecular formula is C23H24N4O3. The second kappa shape index (κ2) is 8.90. The summed E-state index contributed by atoms with van der Waals surface area (Å²) < 4.78 is 5.26. The quantitative estimate of drug-likeness (QED) is 0.654. The fraction of sp³-hybridized carbons (Fsp3) is 0.304. The van der Waals surface area contributed by atoms with E-state index in [1.54, 1.807) is 4.90 Å². The van der Waals surface area contributed by atoms with Crippen molar-refractivity contribution in [3.05, 3.63) is 71.6 Å². The van der Waals surface area contributed by atoms with E-state index in [1.165, 1.54) is 5.56 Å². The molecular weight excluding hydrogens is 380 g/mol. The first-order chi connectivity index (χ1) is 14.6. The van der Waals surface area contributed by atoms with Gasteiger partial charge in [-0.25, -0.2) is 0 Å². The molecule has 1 saturated heterocycles. The highest BCUT2D eigenvalue weighted by Gasteiger charge is 2.34. The van der Waals surface area contributed by atoms with Crippen LogP contribution in [0.1, 0.15) is 23.4 Å². The fourth-order valence-electron chi connectivity index (χ4n) is 3.51. The summed E-state index contributed by atoms with van der Waals surface area (Å²) in [6, 6.07) is 17.7. The number of aromatic nitrogens is 2. The summed E-state index contributed by atoms with van der Waals surface area (Å²) in [4.78, 5) is 30.9. The van der Waals surface area contributed by atoms with E-state index >= 15 is 0 Å². The Balaban J connectivity index is 1.25. The monoisotopic (exact) mass is 404 g/mol. The number of nitrogens with one attached hydrogen (secondary N) is 1. The summed E-state index contributed by atoms with van der Waals surface area (Å²) in [6.45, 7) is 3.39. The Labute approximate surface area is 175 Å². The Bertz CT molecular complexity index is 1010. The summed E-state index contributed by atoms with van der Waals surface area (Å²) in [5, 5.41) is 6.87. The number of carbonyl (C=O) groups is 2. The van der Waals surface area contributed by atoms with Gasteiger partial charge in [0.15, 0.2) is 0 Å². The van der Waals surface area contributed by atoms with Crippen molar-refractivity contribution < 1.29 is 14.1 Å². The number of likely N-dealkylation sites (tertiary alicyclic amines) is 1. The smallest absolute Gasteiger partial charge is 0.228 e. The summed E-state index contributed by atoms with van der Waals surface area (Å²) in [6.07, 6.45) is 0.690. The van der Waals surface area contributed by atoms with Crippen molar-refractivity contribution in [3.8, 4) is 11.4 Å². The Kier molecular flexibility index (Phi) is 5.88. The lowest BCUT2D eigenvalue weighted by molar-refractivity contribution is -0.129. The molecule has 7 nitrogen and oxygen atoms in total. The van der Waals surface area contributed by atoms with Gasteiger partial charge in [0.1, 0.15) is 0 Å².